The van der Waals surface area contributed by atoms with Crippen molar-refractivity contribution in [2.24, 2.45) is 0 Å². The average molecular weight is 641 g/mol. The van der Waals surface area contributed by atoms with Crippen molar-refractivity contribution in [2.75, 3.05) is 33.9 Å². The standard InChI is InChI=1S/C40H78NO2.ClH/c1-5-7-9-11-13-15-17-19-21-23-25-27-29-31-33-35-37-41(3,4)40(42)39-43-38-36-34-32-30-28-26-24-22-20-18-16-14-12-10-8-6-2;/h19-22H,5-18,23-39H2,1-4H3;1H/q+1;/p-1/b21-19-,22-20-;. The smallest absolute Gasteiger partial charge is 0.339 e. The fourth-order valence-electron chi connectivity index (χ4n) is 5.67. The maximum absolute atomic E-state index is 12.7. The summed E-state index contributed by atoms with van der Waals surface area (Å²) in [5, 5.41) is 0. The van der Waals surface area contributed by atoms with Gasteiger partial charge >= 0.3 is 5.91 Å². The Kier molecular flexibility index (Phi) is 38.1. The zero-order valence-corrected chi connectivity index (χ0v) is 31.1. The average Bonchev–Trinajstić information content (AvgIpc) is 3.00. The summed E-state index contributed by atoms with van der Waals surface area (Å²) >= 11 is 0. The van der Waals surface area contributed by atoms with Crippen molar-refractivity contribution in [2.45, 2.75) is 194 Å². The lowest BCUT2D eigenvalue weighted by Crippen LogP contribution is -3.00. The van der Waals surface area contributed by atoms with E-state index in [1.807, 2.05) is 14.1 Å². The van der Waals surface area contributed by atoms with E-state index in [9.17, 15) is 4.79 Å². The summed E-state index contributed by atoms with van der Waals surface area (Å²) in [6, 6.07) is 0. The summed E-state index contributed by atoms with van der Waals surface area (Å²) in [5.41, 5.74) is 0. The molecule has 44 heavy (non-hydrogen) atoms. The van der Waals surface area contributed by atoms with Crippen LogP contribution in [0.15, 0.2) is 24.3 Å². The molecular weight excluding hydrogens is 562 g/mol. The van der Waals surface area contributed by atoms with Crippen LogP contribution in [0.4, 0.5) is 0 Å². The SMILES string of the molecule is CCCCCCCC/C=C\CCCCCCCCOCC(=O)[N+](C)(C)CCCCCCCC/C=C\CCCCCCCC.[Cl-]. The molecule has 0 unspecified atom stereocenters. The number of carbonyl (C=O) groups excluding carboxylic acids is 1. The van der Waals surface area contributed by atoms with E-state index in [-0.39, 0.29) is 24.9 Å². The largest absolute Gasteiger partial charge is 1.00 e. The fraction of sp³-hybridized carbons (Fsp3) is 0.875. The van der Waals surface area contributed by atoms with Crippen LogP contribution in [0.1, 0.15) is 194 Å². The van der Waals surface area contributed by atoms with E-state index in [2.05, 4.69) is 38.2 Å². The Morgan fingerprint density at radius 1 is 0.477 bits per heavy atom. The fourth-order valence-corrected chi connectivity index (χ4v) is 5.67. The van der Waals surface area contributed by atoms with Crippen LogP contribution in [0.5, 0.6) is 0 Å². The minimum atomic E-state index is 0. The first-order valence-electron chi connectivity index (χ1n) is 19.3. The molecule has 0 aromatic rings. The number of amides is 1. The predicted octanol–water partition coefficient (Wildman–Crippen LogP) is 9.68. The van der Waals surface area contributed by atoms with Crippen molar-refractivity contribution >= 4 is 5.91 Å². The van der Waals surface area contributed by atoms with E-state index in [4.69, 9.17) is 4.74 Å². The van der Waals surface area contributed by atoms with Crippen molar-refractivity contribution in [3.63, 3.8) is 0 Å². The second kappa shape index (κ2) is 36.8. The van der Waals surface area contributed by atoms with Gasteiger partial charge in [0.15, 0.2) is 6.61 Å². The molecule has 0 aliphatic rings. The monoisotopic (exact) mass is 640 g/mol. The van der Waals surface area contributed by atoms with Crippen LogP contribution in [0, 0.1) is 0 Å². The molecule has 0 aromatic heterocycles. The molecule has 0 aliphatic heterocycles. The Balaban J connectivity index is 0. The molecule has 3 nitrogen and oxygen atoms in total. The quantitative estimate of drug-likeness (QED) is 0.0398. The number of rotatable bonds is 34. The van der Waals surface area contributed by atoms with Crippen LogP contribution >= 0.6 is 0 Å². The van der Waals surface area contributed by atoms with Gasteiger partial charge in [-0.3, -0.25) is 4.48 Å². The van der Waals surface area contributed by atoms with Crippen LogP contribution in [0.2, 0.25) is 0 Å². The summed E-state index contributed by atoms with van der Waals surface area (Å²) < 4.78 is 6.21. The second-order valence-corrected chi connectivity index (χ2v) is 13.7. The number of nitrogens with zero attached hydrogens (tertiary/aromatic N) is 1. The third-order valence-corrected chi connectivity index (χ3v) is 8.93. The number of unbranched alkanes of at least 4 members (excludes halogenated alkanes) is 24. The first-order valence-corrected chi connectivity index (χ1v) is 19.3. The van der Waals surface area contributed by atoms with E-state index >= 15 is 0 Å². The van der Waals surface area contributed by atoms with Gasteiger partial charge in [-0.15, -0.1) is 0 Å². The van der Waals surface area contributed by atoms with E-state index in [1.54, 1.807) is 0 Å². The molecule has 0 rings (SSSR count). The van der Waals surface area contributed by atoms with E-state index in [1.165, 1.54) is 167 Å². The highest BCUT2D eigenvalue weighted by Gasteiger charge is 2.25. The Morgan fingerprint density at radius 3 is 1.18 bits per heavy atom. The lowest BCUT2D eigenvalue weighted by Gasteiger charge is -2.26. The molecule has 0 atom stereocenters. The third kappa shape index (κ3) is 34.2. The van der Waals surface area contributed by atoms with Crippen LogP contribution in [-0.4, -0.2) is 44.2 Å². The van der Waals surface area contributed by atoms with Gasteiger partial charge < -0.3 is 17.1 Å². The van der Waals surface area contributed by atoms with Gasteiger partial charge in [0.2, 0.25) is 0 Å². The highest BCUT2D eigenvalue weighted by atomic mass is 35.5. The predicted molar refractivity (Wildman–Crippen MR) is 192 cm³/mol. The normalized spacial score (nSPS) is 12.0. The highest BCUT2D eigenvalue weighted by Crippen LogP contribution is 2.13. The molecule has 0 bridgehead atoms. The molecule has 0 aliphatic carbocycles. The van der Waals surface area contributed by atoms with Crippen LogP contribution in [0.3, 0.4) is 0 Å². The van der Waals surface area contributed by atoms with Crippen molar-refractivity contribution in [1.29, 1.82) is 0 Å². The maximum Gasteiger partial charge on any atom is 0.339 e. The summed E-state index contributed by atoms with van der Waals surface area (Å²) in [6.07, 6.45) is 46.5. The number of likely N-dealkylation sites (N-methyl/N-ethyl adjacent to an activating group) is 1. The molecule has 262 valence electrons. The van der Waals surface area contributed by atoms with Crippen LogP contribution < -0.4 is 12.4 Å². The lowest BCUT2D eigenvalue weighted by molar-refractivity contribution is -0.814. The number of hydrogen-bond acceptors (Lipinski definition) is 2. The number of halogens is 1. The molecule has 0 saturated carbocycles. The van der Waals surface area contributed by atoms with E-state index < -0.39 is 0 Å². The van der Waals surface area contributed by atoms with Crippen LogP contribution in [-0.2, 0) is 9.53 Å². The van der Waals surface area contributed by atoms with Gasteiger partial charge in [-0.1, -0.05) is 147 Å². The number of quaternary nitrogens is 1. The summed E-state index contributed by atoms with van der Waals surface area (Å²) in [7, 11) is 4.10. The maximum atomic E-state index is 12.7. The zero-order chi connectivity index (χ0) is 31.5. The van der Waals surface area contributed by atoms with Gasteiger partial charge in [-0.2, -0.15) is 0 Å². The minimum absolute atomic E-state index is 0. The number of carbonyl (C=O) groups is 1. The summed E-state index contributed by atoms with van der Waals surface area (Å²) in [4.78, 5) is 12.7. The van der Waals surface area contributed by atoms with Gasteiger partial charge in [0, 0.05) is 6.61 Å². The van der Waals surface area contributed by atoms with E-state index in [0.29, 0.717) is 4.48 Å². The summed E-state index contributed by atoms with van der Waals surface area (Å²) in [6.45, 7) is 6.48. The molecule has 0 spiro atoms. The van der Waals surface area contributed by atoms with Crippen molar-refractivity contribution in [1.82, 2.24) is 0 Å². The van der Waals surface area contributed by atoms with Gasteiger partial charge in [-0.25, -0.2) is 4.79 Å². The Bertz CT molecular complexity index is 631. The first kappa shape index (κ1) is 45.5. The molecular formula is C40H78ClNO2. The van der Waals surface area contributed by atoms with Gasteiger partial charge in [0.1, 0.15) is 0 Å². The molecule has 0 saturated heterocycles. The van der Waals surface area contributed by atoms with Crippen molar-refractivity contribution in [3.05, 3.63) is 24.3 Å². The topological polar surface area (TPSA) is 26.3 Å². The van der Waals surface area contributed by atoms with Gasteiger partial charge in [0.25, 0.3) is 0 Å². The number of ether oxygens (including phenoxy) is 1. The number of allylic oxidation sites excluding steroid dienone is 4. The van der Waals surface area contributed by atoms with Gasteiger partial charge in [0.05, 0.1) is 20.6 Å². The Labute approximate surface area is 283 Å². The molecule has 0 N–H and O–H groups in total. The third-order valence-electron chi connectivity index (χ3n) is 8.93. The molecule has 4 heteroatoms. The molecule has 0 fully saturated rings. The Morgan fingerprint density at radius 2 is 0.795 bits per heavy atom. The molecule has 1 amide bonds. The Hall–Kier alpha value is -0.640. The van der Waals surface area contributed by atoms with Crippen LogP contribution in [0.25, 0.3) is 0 Å². The second-order valence-electron chi connectivity index (χ2n) is 13.7. The minimum Gasteiger partial charge on any atom is -1.00 e. The van der Waals surface area contributed by atoms with Crippen molar-refractivity contribution < 1.29 is 26.4 Å². The highest BCUT2D eigenvalue weighted by molar-refractivity contribution is 5.70. The molecule has 0 aromatic carbocycles. The first-order chi connectivity index (χ1) is 21.0. The number of hydrogen-bond donors (Lipinski definition) is 0. The lowest BCUT2D eigenvalue weighted by atomic mass is 10.1. The van der Waals surface area contributed by atoms with Gasteiger partial charge in [-0.05, 0) is 70.6 Å². The summed E-state index contributed by atoms with van der Waals surface area (Å²) in [5.74, 6) is 0.220. The van der Waals surface area contributed by atoms with E-state index in [0.717, 1.165) is 26.0 Å². The molecule has 0 heterocycles. The van der Waals surface area contributed by atoms with Crippen molar-refractivity contribution in [3.8, 4) is 0 Å². The zero-order valence-electron chi connectivity index (χ0n) is 30.4. The molecule has 0 radical (unpaired) electrons.